The van der Waals surface area contributed by atoms with E-state index in [9.17, 15) is 10.1 Å². The third kappa shape index (κ3) is 2.29. The number of nitrogens with zero attached hydrogens (tertiary/aromatic N) is 2. The lowest BCUT2D eigenvalue weighted by Crippen LogP contribution is -2.35. The molecule has 6 nitrogen and oxygen atoms in total. The third-order valence-corrected chi connectivity index (χ3v) is 5.38. The van der Waals surface area contributed by atoms with Crippen molar-refractivity contribution in [3.05, 3.63) is 44.6 Å². The van der Waals surface area contributed by atoms with Gasteiger partial charge in [-0.15, -0.1) is 11.3 Å². The fourth-order valence-corrected chi connectivity index (χ4v) is 4.27. The second kappa shape index (κ2) is 5.47. The number of oxazole rings is 1. The number of aromatic nitrogens is 1. The Bertz CT molecular complexity index is 1070. The average Bonchev–Trinajstić information content (AvgIpc) is 3.10. The number of H-pyrrole nitrogens is 1. The van der Waals surface area contributed by atoms with E-state index < -0.39 is 0 Å². The standard InChI is InChI=1S/C16H12N4O2S2/c17-6-10-9-3-4-20(7-13(9)24-14(10)18)15(21)8-1-2-11-12(5-8)22-16(23)19-11/h1-2,5H,3-4,7,18H2,(H,19,23). The molecule has 0 atom stereocenters. The van der Waals surface area contributed by atoms with E-state index in [1.807, 2.05) is 0 Å². The SMILES string of the molecule is N#Cc1c(N)sc2c1CCN(C(=O)c1ccc3[nH]c(=S)oc3c1)C2. The van der Waals surface area contributed by atoms with E-state index in [0.717, 1.165) is 16.0 Å². The van der Waals surface area contributed by atoms with Gasteiger partial charge in [0.2, 0.25) is 0 Å². The monoisotopic (exact) mass is 356 g/mol. The molecule has 2 aromatic heterocycles. The number of nitrogens with one attached hydrogen (secondary N) is 1. The summed E-state index contributed by atoms with van der Waals surface area (Å²) >= 11 is 6.35. The largest absolute Gasteiger partial charge is 0.429 e. The van der Waals surface area contributed by atoms with Crippen LogP contribution in [0.1, 0.15) is 26.4 Å². The number of rotatable bonds is 1. The molecule has 1 aliphatic rings. The van der Waals surface area contributed by atoms with Gasteiger partial charge in [-0.3, -0.25) is 4.79 Å². The van der Waals surface area contributed by atoms with E-state index in [0.29, 0.717) is 41.2 Å². The maximum Gasteiger partial charge on any atom is 0.266 e. The van der Waals surface area contributed by atoms with Crippen LogP contribution in [0.25, 0.3) is 11.1 Å². The summed E-state index contributed by atoms with van der Waals surface area (Å²) < 4.78 is 5.37. The summed E-state index contributed by atoms with van der Waals surface area (Å²) in [6.07, 6.45) is 0.644. The minimum Gasteiger partial charge on any atom is -0.429 e. The molecule has 24 heavy (non-hydrogen) atoms. The molecular formula is C16H12N4O2S2. The number of nitriles is 1. The third-order valence-electron chi connectivity index (χ3n) is 4.15. The van der Waals surface area contributed by atoms with Gasteiger partial charge in [0.05, 0.1) is 17.6 Å². The first kappa shape index (κ1) is 14.9. The Morgan fingerprint density at radius 2 is 2.33 bits per heavy atom. The molecule has 0 aliphatic carbocycles. The summed E-state index contributed by atoms with van der Waals surface area (Å²) in [5.41, 5.74) is 9.32. The highest BCUT2D eigenvalue weighted by Crippen LogP contribution is 2.35. The molecule has 0 fully saturated rings. The Labute approximate surface area is 146 Å². The molecule has 4 rings (SSSR count). The summed E-state index contributed by atoms with van der Waals surface area (Å²) in [4.78, 5) is 18.7. The van der Waals surface area contributed by atoms with Crippen molar-refractivity contribution >= 4 is 45.6 Å². The smallest absolute Gasteiger partial charge is 0.266 e. The number of nitrogen functional groups attached to an aromatic ring is 1. The van der Waals surface area contributed by atoms with Crippen LogP contribution in [0.4, 0.5) is 5.00 Å². The maximum atomic E-state index is 12.8. The second-order valence-electron chi connectivity index (χ2n) is 5.56. The van der Waals surface area contributed by atoms with Gasteiger partial charge in [0.15, 0.2) is 5.58 Å². The summed E-state index contributed by atoms with van der Waals surface area (Å²) in [5, 5.41) is 9.72. The molecule has 0 radical (unpaired) electrons. The lowest BCUT2D eigenvalue weighted by molar-refractivity contribution is 0.0737. The zero-order valence-corrected chi connectivity index (χ0v) is 14.1. The minimum atomic E-state index is -0.0738. The van der Waals surface area contributed by atoms with E-state index in [1.54, 1.807) is 23.1 Å². The summed E-state index contributed by atoms with van der Waals surface area (Å²) in [5.74, 6) is -0.0738. The second-order valence-corrected chi connectivity index (χ2v) is 7.06. The highest BCUT2D eigenvalue weighted by Gasteiger charge is 2.27. The zero-order chi connectivity index (χ0) is 16.8. The number of amides is 1. The van der Waals surface area contributed by atoms with Gasteiger partial charge in [-0.25, -0.2) is 0 Å². The van der Waals surface area contributed by atoms with Crippen LogP contribution >= 0.6 is 23.6 Å². The van der Waals surface area contributed by atoms with E-state index in [-0.39, 0.29) is 10.7 Å². The Kier molecular flexibility index (Phi) is 3.40. The van der Waals surface area contributed by atoms with Crippen molar-refractivity contribution in [2.75, 3.05) is 12.3 Å². The van der Waals surface area contributed by atoms with Crippen molar-refractivity contribution in [2.24, 2.45) is 0 Å². The van der Waals surface area contributed by atoms with Gasteiger partial charge in [0.1, 0.15) is 11.1 Å². The van der Waals surface area contributed by atoms with E-state index in [2.05, 4.69) is 11.1 Å². The predicted molar refractivity (Wildman–Crippen MR) is 93.3 cm³/mol. The molecule has 1 aromatic carbocycles. The van der Waals surface area contributed by atoms with E-state index >= 15 is 0 Å². The minimum absolute atomic E-state index is 0.0738. The van der Waals surface area contributed by atoms with Gasteiger partial charge in [0.25, 0.3) is 10.7 Å². The van der Waals surface area contributed by atoms with E-state index in [4.69, 9.17) is 22.4 Å². The van der Waals surface area contributed by atoms with E-state index in [1.165, 1.54) is 11.3 Å². The summed E-state index contributed by atoms with van der Waals surface area (Å²) in [6.45, 7) is 1.03. The number of hydrogen-bond acceptors (Lipinski definition) is 6. The summed E-state index contributed by atoms with van der Waals surface area (Å²) in [6, 6.07) is 7.40. The first-order chi connectivity index (χ1) is 11.6. The Balaban J connectivity index is 1.64. The number of benzene rings is 1. The van der Waals surface area contributed by atoms with Crippen LogP contribution in [0.2, 0.25) is 0 Å². The quantitative estimate of drug-likeness (QED) is 0.652. The average molecular weight is 356 g/mol. The van der Waals surface area contributed by atoms with Crippen molar-refractivity contribution < 1.29 is 9.21 Å². The molecule has 120 valence electrons. The highest BCUT2D eigenvalue weighted by atomic mass is 32.1. The molecule has 0 saturated heterocycles. The normalized spacial score (nSPS) is 13.7. The molecule has 0 bridgehead atoms. The Morgan fingerprint density at radius 3 is 3.12 bits per heavy atom. The highest BCUT2D eigenvalue weighted by molar-refractivity contribution is 7.71. The number of anilines is 1. The van der Waals surface area contributed by atoms with Crippen molar-refractivity contribution in [2.45, 2.75) is 13.0 Å². The van der Waals surface area contributed by atoms with Crippen LogP contribution in [-0.4, -0.2) is 22.3 Å². The molecule has 0 spiro atoms. The number of hydrogen-bond donors (Lipinski definition) is 2. The van der Waals surface area contributed by atoms with Crippen molar-refractivity contribution in [1.82, 2.24) is 9.88 Å². The molecule has 3 heterocycles. The molecular weight excluding hydrogens is 344 g/mol. The van der Waals surface area contributed by atoms with Crippen LogP contribution in [0.15, 0.2) is 22.6 Å². The van der Waals surface area contributed by atoms with Gasteiger partial charge in [-0.1, -0.05) is 0 Å². The van der Waals surface area contributed by atoms with Crippen molar-refractivity contribution in [1.29, 1.82) is 5.26 Å². The van der Waals surface area contributed by atoms with Crippen LogP contribution < -0.4 is 5.73 Å². The predicted octanol–water partition coefficient (Wildman–Crippen LogP) is 3.20. The summed E-state index contributed by atoms with van der Waals surface area (Å²) in [7, 11) is 0. The number of thiophene rings is 1. The number of carbonyl (C=O) groups is 1. The first-order valence-corrected chi connectivity index (χ1v) is 8.51. The van der Waals surface area contributed by atoms with Crippen LogP contribution in [0.5, 0.6) is 0 Å². The Morgan fingerprint density at radius 1 is 1.50 bits per heavy atom. The molecule has 1 amide bonds. The van der Waals surface area contributed by atoms with Crippen LogP contribution in [0, 0.1) is 16.2 Å². The van der Waals surface area contributed by atoms with Crippen LogP contribution in [0.3, 0.4) is 0 Å². The molecule has 0 saturated carbocycles. The molecule has 3 aromatic rings. The van der Waals surface area contributed by atoms with Crippen molar-refractivity contribution in [3.63, 3.8) is 0 Å². The van der Waals surface area contributed by atoms with Crippen molar-refractivity contribution in [3.8, 4) is 6.07 Å². The van der Waals surface area contributed by atoms with Gasteiger partial charge in [0, 0.05) is 17.0 Å². The van der Waals surface area contributed by atoms with Gasteiger partial charge < -0.3 is 20.0 Å². The topological polar surface area (TPSA) is 99.0 Å². The molecule has 8 heteroatoms. The molecule has 1 aliphatic heterocycles. The van der Waals surface area contributed by atoms with Gasteiger partial charge >= 0.3 is 0 Å². The number of nitrogens with two attached hydrogens (primary N) is 1. The number of aromatic amines is 1. The number of fused-ring (bicyclic) bond motifs is 2. The molecule has 0 unspecified atom stereocenters. The van der Waals surface area contributed by atoms with Crippen LogP contribution in [-0.2, 0) is 13.0 Å². The van der Waals surface area contributed by atoms with Gasteiger partial charge in [-0.05, 0) is 42.4 Å². The van der Waals surface area contributed by atoms with Gasteiger partial charge in [-0.2, -0.15) is 5.26 Å². The maximum absolute atomic E-state index is 12.8. The lowest BCUT2D eigenvalue weighted by atomic mass is 10.0. The lowest BCUT2D eigenvalue weighted by Gasteiger charge is -2.27. The Hall–Kier alpha value is -2.63. The molecule has 3 N–H and O–H groups in total. The first-order valence-electron chi connectivity index (χ1n) is 7.29. The number of carbonyl (C=O) groups excluding carboxylic acids is 1. The zero-order valence-electron chi connectivity index (χ0n) is 12.5. The fourth-order valence-electron chi connectivity index (χ4n) is 2.98. The fraction of sp³-hybridized carbons (Fsp3) is 0.188.